The zero-order chi connectivity index (χ0) is 21.9. The van der Waals surface area contributed by atoms with Crippen LogP contribution in [-0.2, 0) is 16.0 Å². The predicted octanol–water partition coefficient (Wildman–Crippen LogP) is 4.74. The molecule has 0 radical (unpaired) electrons. The number of nitrogens with one attached hydrogen (secondary N) is 2. The van der Waals surface area contributed by atoms with E-state index in [1.54, 1.807) is 12.3 Å². The van der Waals surface area contributed by atoms with E-state index in [0.29, 0.717) is 6.42 Å². The topological polar surface area (TPSA) is 101 Å². The molecule has 0 saturated heterocycles. The Morgan fingerprint density at radius 1 is 1.03 bits per heavy atom. The zero-order valence-electron chi connectivity index (χ0n) is 18.6. The molecule has 0 fully saturated rings. The van der Waals surface area contributed by atoms with Crippen LogP contribution in [-0.4, -0.2) is 27.8 Å². The predicted molar refractivity (Wildman–Crippen MR) is 123 cm³/mol. The van der Waals surface area contributed by atoms with Crippen molar-refractivity contribution in [1.29, 1.82) is 0 Å². The van der Waals surface area contributed by atoms with Crippen LogP contribution in [0.5, 0.6) is 0 Å². The number of rotatable bonds is 17. The molecule has 1 aromatic rings. The minimum absolute atomic E-state index is 0.307. The molecule has 6 nitrogen and oxygen atoms in total. The lowest BCUT2D eigenvalue weighted by Gasteiger charge is -2.08. The lowest BCUT2D eigenvalue weighted by Crippen LogP contribution is -2.44. The largest absolute Gasteiger partial charge is 0.348 e. The molecule has 168 valence electrons. The molecule has 6 heteroatoms. The van der Waals surface area contributed by atoms with Crippen molar-refractivity contribution in [3.05, 3.63) is 42.5 Å². The summed E-state index contributed by atoms with van der Waals surface area (Å²) in [7, 11) is 0. The molecule has 0 unspecified atom stereocenters. The normalized spacial score (nSPS) is 12.6. The summed E-state index contributed by atoms with van der Waals surface area (Å²) in [4.78, 5) is 30.4. The fourth-order valence-electron chi connectivity index (χ4n) is 3.23. The van der Waals surface area contributed by atoms with Crippen LogP contribution in [0.15, 0.2) is 36.8 Å². The average molecular weight is 417 g/mol. The second kappa shape index (κ2) is 17.6. The van der Waals surface area contributed by atoms with Gasteiger partial charge in [0.2, 0.25) is 5.91 Å². The lowest BCUT2D eigenvalue weighted by atomic mass is 10.1. The SMILES string of the molecule is CCCCCCCCCCCCCC=CC=CC(=O)NC(=O)[C@@H](N)Cc1cnc[nH]1. The van der Waals surface area contributed by atoms with Crippen molar-refractivity contribution in [1.82, 2.24) is 15.3 Å². The second-order valence-electron chi connectivity index (χ2n) is 7.85. The highest BCUT2D eigenvalue weighted by Gasteiger charge is 2.16. The van der Waals surface area contributed by atoms with Gasteiger partial charge in [0.05, 0.1) is 12.4 Å². The van der Waals surface area contributed by atoms with Crippen LogP contribution < -0.4 is 11.1 Å². The number of aromatic amines is 1. The van der Waals surface area contributed by atoms with Gasteiger partial charge < -0.3 is 10.7 Å². The molecule has 1 atom stereocenters. The summed E-state index contributed by atoms with van der Waals surface area (Å²) in [5.74, 6) is -0.955. The van der Waals surface area contributed by atoms with Crippen molar-refractivity contribution in [3.63, 3.8) is 0 Å². The van der Waals surface area contributed by atoms with Crippen molar-refractivity contribution in [2.24, 2.45) is 5.73 Å². The molecule has 0 aromatic carbocycles. The van der Waals surface area contributed by atoms with Crippen molar-refractivity contribution >= 4 is 11.8 Å². The first-order chi connectivity index (χ1) is 14.6. The average Bonchev–Trinajstić information content (AvgIpc) is 3.23. The van der Waals surface area contributed by atoms with Crippen molar-refractivity contribution in [2.45, 2.75) is 96.4 Å². The van der Waals surface area contributed by atoms with Gasteiger partial charge in [0.25, 0.3) is 5.91 Å². The Morgan fingerprint density at radius 2 is 1.67 bits per heavy atom. The Bertz CT molecular complexity index is 623. The lowest BCUT2D eigenvalue weighted by molar-refractivity contribution is -0.128. The third-order valence-corrected chi connectivity index (χ3v) is 5.05. The van der Waals surface area contributed by atoms with Gasteiger partial charge in [-0.15, -0.1) is 0 Å². The van der Waals surface area contributed by atoms with E-state index in [1.165, 1.54) is 83.0 Å². The number of nitrogens with zero attached hydrogens (tertiary/aromatic N) is 1. The van der Waals surface area contributed by atoms with Crippen LogP contribution in [0.1, 0.15) is 89.7 Å². The van der Waals surface area contributed by atoms with E-state index < -0.39 is 17.9 Å². The molecule has 1 heterocycles. The summed E-state index contributed by atoms with van der Waals surface area (Å²) >= 11 is 0. The number of amides is 2. The number of imide groups is 1. The quantitative estimate of drug-likeness (QED) is 0.194. The molecule has 2 amide bonds. The molecule has 0 aliphatic rings. The number of nitrogens with two attached hydrogens (primary N) is 1. The van der Waals surface area contributed by atoms with Gasteiger partial charge in [-0.25, -0.2) is 4.98 Å². The summed E-state index contributed by atoms with van der Waals surface area (Å²) in [6.07, 6.45) is 26.1. The molecule has 0 saturated carbocycles. The number of carbonyl (C=O) groups is 2. The van der Waals surface area contributed by atoms with Crippen molar-refractivity contribution in [2.75, 3.05) is 0 Å². The molecule has 0 spiro atoms. The van der Waals surface area contributed by atoms with Gasteiger partial charge in [0.1, 0.15) is 0 Å². The van der Waals surface area contributed by atoms with Gasteiger partial charge in [0, 0.05) is 24.4 Å². The minimum atomic E-state index is -0.792. The highest BCUT2D eigenvalue weighted by Crippen LogP contribution is 2.12. The van der Waals surface area contributed by atoms with Crippen LogP contribution in [0, 0.1) is 0 Å². The van der Waals surface area contributed by atoms with E-state index >= 15 is 0 Å². The first-order valence-electron chi connectivity index (χ1n) is 11.5. The second-order valence-corrected chi connectivity index (χ2v) is 7.85. The fraction of sp³-hybridized carbons (Fsp3) is 0.625. The molecular formula is C24H40N4O2. The van der Waals surface area contributed by atoms with Crippen LogP contribution in [0.4, 0.5) is 0 Å². The van der Waals surface area contributed by atoms with E-state index in [0.717, 1.165) is 12.1 Å². The molecule has 4 N–H and O–H groups in total. The van der Waals surface area contributed by atoms with Crippen LogP contribution in [0.3, 0.4) is 0 Å². The standard InChI is InChI=1S/C24H40N4O2/c1-2-3-4-5-6-7-8-9-10-11-12-13-14-15-16-17-23(29)28-24(30)22(25)18-21-19-26-20-27-21/h14-17,19-20,22H,2-13,18,25H2,1H3,(H,26,27)(H,28,29,30)/t22-/m0/s1. The van der Waals surface area contributed by atoms with E-state index in [4.69, 9.17) is 5.73 Å². The van der Waals surface area contributed by atoms with Crippen molar-refractivity contribution in [3.8, 4) is 0 Å². The number of unbranched alkanes of at least 4 members (excludes halogenated alkanes) is 11. The van der Waals surface area contributed by atoms with Gasteiger partial charge >= 0.3 is 0 Å². The first-order valence-corrected chi connectivity index (χ1v) is 11.5. The minimum Gasteiger partial charge on any atom is -0.348 e. The Labute approximate surface area is 181 Å². The van der Waals surface area contributed by atoms with E-state index in [-0.39, 0.29) is 0 Å². The van der Waals surface area contributed by atoms with Gasteiger partial charge in [-0.1, -0.05) is 89.4 Å². The third-order valence-electron chi connectivity index (χ3n) is 5.05. The number of hydrogen-bond acceptors (Lipinski definition) is 4. The van der Waals surface area contributed by atoms with E-state index in [2.05, 4.69) is 28.3 Å². The molecule has 1 rings (SSSR count). The number of hydrogen-bond donors (Lipinski definition) is 3. The molecule has 0 bridgehead atoms. The number of imidazole rings is 1. The highest BCUT2D eigenvalue weighted by atomic mass is 16.2. The monoisotopic (exact) mass is 416 g/mol. The summed E-state index contributed by atoms with van der Waals surface area (Å²) in [5.41, 5.74) is 6.55. The summed E-state index contributed by atoms with van der Waals surface area (Å²) in [5, 5.41) is 2.28. The van der Waals surface area contributed by atoms with Crippen LogP contribution >= 0.6 is 0 Å². The molecular weight excluding hydrogens is 376 g/mol. The number of H-pyrrole nitrogens is 1. The first kappa shape index (κ1) is 25.8. The van der Waals surface area contributed by atoms with Gasteiger partial charge in [-0.3, -0.25) is 14.9 Å². The maximum Gasteiger partial charge on any atom is 0.250 e. The van der Waals surface area contributed by atoms with Gasteiger partial charge in [-0.05, 0) is 12.8 Å². The van der Waals surface area contributed by atoms with Crippen LogP contribution in [0.25, 0.3) is 0 Å². The molecule has 0 aliphatic heterocycles. The van der Waals surface area contributed by atoms with Crippen LogP contribution in [0.2, 0.25) is 0 Å². The third kappa shape index (κ3) is 13.9. The van der Waals surface area contributed by atoms with E-state index in [1.807, 2.05) is 6.08 Å². The van der Waals surface area contributed by atoms with Crippen molar-refractivity contribution < 1.29 is 9.59 Å². The smallest absolute Gasteiger partial charge is 0.250 e. The fourth-order valence-corrected chi connectivity index (χ4v) is 3.23. The molecule has 0 aliphatic carbocycles. The molecule has 1 aromatic heterocycles. The van der Waals surface area contributed by atoms with Gasteiger partial charge in [-0.2, -0.15) is 0 Å². The summed E-state index contributed by atoms with van der Waals surface area (Å²) in [6.45, 7) is 2.26. The number of aromatic nitrogens is 2. The number of allylic oxidation sites excluding steroid dienone is 3. The Morgan fingerprint density at radius 3 is 2.27 bits per heavy atom. The Kier molecular flexibility index (Phi) is 15.2. The maximum absolute atomic E-state index is 11.9. The molecule has 30 heavy (non-hydrogen) atoms. The van der Waals surface area contributed by atoms with E-state index in [9.17, 15) is 9.59 Å². The van der Waals surface area contributed by atoms with Gasteiger partial charge in [0.15, 0.2) is 0 Å². The zero-order valence-corrected chi connectivity index (χ0v) is 18.6. The maximum atomic E-state index is 11.9. The Hall–Kier alpha value is -2.21. The summed E-state index contributed by atoms with van der Waals surface area (Å²) < 4.78 is 0. The number of carbonyl (C=O) groups excluding carboxylic acids is 2. The highest BCUT2D eigenvalue weighted by molar-refractivity contribution is 6.02. The summed E-state index contributed by atoms with van der Waals surface area (Å²) in [6, 6.07) is -0.792. The Balaban J connectivity index is 1.98.